The van der Waals surface area contributed by atoms with Crippen molar-refractivity contribution in [2.75, 3.05) is 14.2 Å². The second kappa shape index (κ2) is 6.09. The molecular formula is C12H18ClNO4S. The van der Waals surface area contributed by atoms with E-state index in [9.17, 15) is 13.5 Å². The molecule has 0 unspecified atom stereocenters. The smallest absolute Gasteiger partial charge is 0.246 e. The van der Waals surface area contributed by atoms with Gasteiger partial charge in [-0.05, 0) is 26.0 Å². The van der Waals surface area contributed by atoms with E-state index < -0.39 is 10.0 Å². The number of methoxy groups -OCH3 is 1. The average molecular weight is 308 g/mol. The number of rotatable bonds is 5. The highest BCUT2D eigenvalue weighted by molar-refractivity contribution is 7.89. The van der Waals surface area contributed by atoms with Gasteiger partial charge in [-0.2, -0.15) is 4.31 Å². The number of ether oxygens (including phenoxy) is 1. The molecule has 0 amide bonds. The first-order valence-corrected chi connectivity index (χ1v) is 7.52. The first-order valence-electron chi connectivity index (χ1n) is 5.71. The lowest BCUT2D eigenvalue weighted by molar-refractivity contribution is 0.272. The lowest BCUT2D eigenvalue weighted by Gasteiger charge is -2.23. The summed E-state index contributed by atoms with van der Waals surface area (Å²) in [5.74, 6) is 0.124. The molecular weight excluding hydrogens is 290 g/mol. The van der Waals surface area contributed by atoms with Gasteiger partial charge in [0.25, 0.3) is 0 Å². The predicted octanol–water partition coefficient (Wildman–Crippen LogP) is 1.87. The van der Waals surface area contributed by atoms with Gasteiger partial charge in [0.2, 0.25) is 10.0 Å². The second-order valence-electron chi connectivity index (χ2n) is 4.37. The average Bonchev–Trinajstić information content (AvgIpc) is 2.36. The summed E-state index contributed by atoms with van der Waals surface area (Å²) in [7, 11) is -0.880. The standard InChI is InChI=1S/C12H18ClNO4S/c1-8(2)14(3)19(16,17)11-6-10(13)5-9(7-15)12(11)18-4/h5-6,8,15H,7H2,1-4H3. The van der Waals surface area contributed by atoms with E-state index in [2.05, 4.69) is 0 Å². The van der Waals surface area contributed by atoms with Crippen molar-refractivity contribution in [3.63, 3.8) is 0 Å². The van der Waals surface area contributed by atoms with Crippen LogP contribution in [0.1, 0.15) is 19.4 Å². The molecule has 1 N–H and O–H groups in total. The van der Waals surface area contributed by atoms with Crippen LogP contribution in [0, 0.1) is 0 Å². The fourth-order valence-corrected chi connectivity index (χ4v) is 3.49. The normalized spacial score (nSPS) is 12.2. The molecule has 0 aliphatic heterocycles. The molecule has 0 spiro atoms. The van der Waals surface area contributed by atoms with E-state index in [0.29, 0.717) is 5.56 Å². The van der Waals surface area contributed by atoms with E-state index >= 15 is 0 Å². The molecule has 7 heteroatoms. The number of nitrogens with zero attached hydrogens (tertiary/aromatic N) is 1. The molecule has 108 valence electrons. The maximum Gasteiger partial charge on any atom is 0.246 e. The van der Waals surface area contributed by atoms with Crippen LogP contribution in [0.25, 0.3) is 0 Å². The first-order chi connectivity index (χ1) is 8.75. The molecule has 0 radical (unpaired) electrons. The lowest BCUT2D eigenvalue weighted by atomic mass is 10.2. The molecule has 0 fully saturated rings. The SMILES string of the molecule is COc1c(CO)cc(Cl)cc1S(=O)(=O)N(C)C(C)C. The zero-order chi connectivity index (χ0) is 14.8. The molecule has 0 bridgehead atoms. The Kier molecular flexibility index (Phi) is 5.20. The van der Waals surface area contributed by atoms with E-state index in [1.54, 1.807) is 13.8 Å². The van der Waals surface area contributed by atoms with Crippen LogP contribution >= 0.6 is 11.6 Å². The summed E-state index contributed by atoms with van der Waals surface area (Å²) >= 11 is 5.90. The quantitative estimate of drug-likeness (QED) is 0.902. The van der Waals surface area contributed by atoms with Crippen LogP contribution in [0.3, 0.4) is 0 Å². The summed E-state index contributed by atoms with van der Waals surface area (Å²) < 4.78 is 31.3. The highest BCUT2D eigenvalue weighted by Gasteiger charge is 2.28. The van der Waals surface area contributed by atoms with Crippen LogP contribution in [0.15, 0.2) is 17.0 Å². The Morgan fingerprint density at radius 1 is 1.42 bits per heavy atom. The second-order valence-corrected chi connectivity index (χ2v) is 6.77. The largest absolute Gasteiger partial charge is 0.495 e. The topological polar surface area (TPSA) is 66.8 Å². The molecule has 19 heavy (non-hydrogen) atoms. The summed E-state index contributed by atoms with van der Waals surface area (Å²) in [5.41, 5.74) is 0.339. The fraction of sp³-hybridized carbons (Fsp3) is 0.500. The minimum absolute atomic E-state index is 0.0391. The minimum atomic E-state index is -3.72. The van der Waals surface area contributed by atoms with E-state index in [4.69, 9.17) is 16.3 Å². The van der Waals surface area contributed by atoms with Gasteiger partial charge in [-0.1, -0.05) is 11.6 Å². The summed E-state index contributed by atoms with van der Waals surface area (Å²) in [6, 6.07) is 2.61. The number of aliphatic hydroxyl groups excluding tert-OH is 1. The van der Waals surface area contributed by atoms with Crippen molar-refractivity contribution in [2.45, 2.75) is 31.4 Å². The van der Waals surface area contributed by atoms with Crippen LogP contribution in [-0.4, -0.2) is 38.0 Å². The van der Waals surface area contributed by atoms with Gasteiger partial charge in [-0.15, -0.1) is 0 Å². The zero-order valence-corrected chi connectivity index (χ0v) is 12.9. The molecule has 0 saturated heterocycles. The number of sulfonamides is 1. The molecule has 0 saturated carbocycles. The molecule has 0 heterocycles. The van der Waals surface area contributed by atoms with Crippen LogP contribution in [-0.2, 0) is 16.6 Å². The van der Waals surface area contributed by atoms with Crippen molar-refractivity contribution in [3.8, 4) is 5.75 Å². The minimum Gasteiger partial charge on any atom is -0.495 e. The number of benzene rings is 1. The molecule has 5 nitrogen and oxygen atoms in total. The summed E-state index contributed by atoms with van der Waals surface area (Å²) in [6.07, 6.45) is 0. The van der Waals surface area contributed by atoms with E-state index in [0.717, 1.165) is 0 Å². The van der Waals surface area contributed by atoms with Crippen molar-refractivity contribution in [1.82, 2.24) is 4.31 Å². The van der Waals surface area contributed by atoms with E-state index in [1.165, 1.54) is 30.6 Å². The van der Waals surface area contributed by atoms with Crippen LogP contribution < -0.4 is 4.74 Å². The van der Waals surface area contributed by atoms with Crippen molar-refractivity contribution in [2.24, 2.45) is 0 Å². The van der Waals surface area contributed by atoms with Crippen LogP contribution in [0.2, 0.25) is 5.02 Å². The predicted molar refractivity (Wildman–Crippen MR) is 74.0 cm³/mol. The van der Waals surface area contributed by atoms with E-state index in [1.807, 2.05) is 0 Å². The third-order valence-corrected chi connectivity index (χ3v) is 5.11. The highest BCUT2D eigenvalue weighted by Crippen LogP contribution is 2.33. The van der Waals surface area contributed by atoms with E-state index in [-0.39, 0.29) is 28.3 Å². The fourth-order valence-electron chi connectivity index (χ4n) is 1.60. The maximum atomic E-state index is 12.5. The number of halogens is 1. The van der Waals surface area contributed by atoms with Crippen molar-refractivity contribution < 1.29 is 18.3 Å². The monoisotopic (exact) mass is 307 g/mol. The third kappa shape index (κ3) is 3.20. The van der Waals surface area contributed by atoms with Gasteiger partial charge >= 0.3 is 0 Å². The Bertz CT molecular complexity index is 557. The van der Waals surface area contributed by atoms with Gasteiger partial charge in [0.05, 0.1) is 13.7 Å². The molecule has 1 rings (SSSR count). The zero-order valence-electron chi connectivity index (χ0n) is 11.3. The third-order valence-electron chi connectivity index (χ3n) is 2.86. The van der Waals surface area contributed by atoms with Gasteiger partial charge in [-0.3, -0.25) is 0 Å². The van der Waals surface area contributed by atoms with Crippen molar-refractivity contribution >= 4 is 21.6 Å². The van der Waals surface area contributed by atoms with Crippen molar-refractivity contribution in [3.05, 3.63) is 22.7 Å². The summed E-state index contributed by atoms with van der Waals surface area (Å²) in [4.78, 5) is -0.0391. The Labute approximate surface area is 118 Å². The Morgan fingerprint density at radius 3 is 2.42 bits per heavy atom. The number of hydrogen-bond acceptors (Lipinski definition) is 4. The van der Waals surface area contributed by atoms with Crippen LogP contribution in [0.5, 0.6) is 5.75 Å². The molecule has 0 aromatic heterocycles. The summed E-state index contributed by atoms with van der Waals surface area (Å²) in [6.45, 7) is 3.18. The van der Waals surface area contributed by atoms with Gasteiger partial charge in [-0.25, -0.2) is 8.42 Å². The molecule has 1 aromatic carbocycles. The first kappa shape index (κ1) is 16.2. The molecule has 0 aliphatic rings. The molecule has 0 atom stereocenters. The lowest BCUT2D eigenvalue weighted by Crippen LogP contribution is -2.33. The van der Waals surface area contributed by atoms with Gasteiger partial charge in [0.15, 0.2) is 0 Å². The summed E-state index contributed by atoms with van der Waals surface area (Å²) in [5, 5.41) is 9.50. The van der Waals surface area contributed by atoms with Gasteiger partial charge < -0.3 is 9.84 Å². The maximum absolute atomic E-state index is 12.5. The Hall–Kier alpha value is -0.820. The van der Waals surface area contributed by atoms with Gasteiger partial charge in [0, 0.05) is 23.7 Å². The van der Waals surface area contributed by atoms with Crippen molar-refractivity contribution in [1.29, 1.82) is 0 Å². The number of aliphatic hydroxyl groups is 1. The highest BCUT2D eigenvalue weighted by atomic mass is 35.5. The number of hydrogen-bond donors (Lipinski definition) is 1. The van der Waals surface area contributed by atoms with Crippen LogP contribution in [0.4, 0.5) is 0 Å². The Morgan fingerprint density at radius 2 is 2.00 bits per heavy atom. The Balaban J connectivity index is 3.54. The molecule has 1 aromatic rings. The van der Waals surface area contributed by atoms with Gasteiger partial charge in [0.1, 0.15) is 10.6 Å². The molecule has 0 aliphatic carbocycles.